The van der Waals surface area contributed by atoms with Crippen LogP contribution in [0.2, 0.25) is 5.02 Å². The van der Waals surface area contributed by atoms with Crippen LogP contribution in [0.25, 0.3) is 0 Å². The van der Waals surface area contributed by atoms with E-state index in [0.717, 1.165) is 6.42 Å². The molecule has 2 aromatic rings. The van der Waals surface area contributed by atoms with Crippen LogP contribution in [0.3, 0.4) is 0 Å². The highest BCUT2D eigenvalue weighted by atomic mass is 35.5. The fraction of sp³-hybridized carbons (Fsp3) is 0.250. The third kappa shape index (κ3) is 4.34. The van der Waals surface area contributed by atoms with Crippen molar-refractivity contribution in [2.45, 2.75) is 25.4 Å². The Morgan fingerprint density at radius 3 is 2.58 bits per heavy atom. The summed E-state index contributed by atoms with van der Waals surface area (Å²) in [5.74, 6) is -0.324. The van der Waals surface area contributed by atoms with E-state index in [4.69, 9.17) is 11.6 Å². The van der Waals surface area contributed by atoms with Crippen molar-refractivity contribution in [1.29, 1.82) is 0 Å². The fourth-order valence-electron chi connectivity index (χ4n) is 2.03. The number of hydrogen-bond acceptors (Lipinski definition) is 1. The monoisotopic (exact) mass is 278 g/mol. The van der Waals surface area contributed by atoms with Gasteiger partial charge in [0, 0.05) is 5.02 Å². The number of aliphatic hydroxyl groups is 1. The minimum Gasteiger partial charge on any atom is -0.393 e. The van der Waals surface area contributed by atoms with Crippen LogP contribution in [-0.4, -0.2) is 11.2 Å². The van der Waals surface area contributed by atoms with Crippen molar-refractivity contribution < 1.29 is 9.50 Å². The number of halogens is 2. The van der Waals surface area contributed by atoms with Crippen LogP contribution in [0.4, 0.5) is 4.39 Å². The Kier molecular flexibility index (Phi) is 4.94. The van der Waals surface area contributed by atoms with Crippen molar-refractivity contribution in [3.8, 4) is 0 Å². The smallest absolute Gasteiger partial charge is 0.123 e. The maximum Gasteiger partial charge on any atom is 0.123 e. The molecule has 1 N–H and O–H groups in total. The van der Waals surface area contributed by atoms with Gasteiger partial charge in [0.2, 0.25) is 0 Å². The molecule has 1 unspecified atom stereocenters. The maximum absolute atomic E-state index is 13.1. The molecule has 3 heteroatoms. The Labute approximate surface area is 117 Å². The quantitative estimate of drug-likeness (QED) is 0.876. The number of aryl methyl sites for hydroxylation is 1. The van der Waals surface area contributed by atoms with E-state index in [2.05, 4.69) is 0 Å². The third-order valence-electron chi connectivity index (χ3n) is 3.07. The van der Waals surface area contributed by atoms with Crippen molar-refractivity contribution in [2.75, 3.05) is 0 Å². The van der Waals surface area contributed by atoms with E-state index in [9.17, 15) is 9.50 Å². The Morgan fingerprint density at radius 2 is 1.84 bits per heavy atom. The van der Waals surface area contributed by atoms with Gasteiger partial charge >= 0.3 is 0 Å². The first-order valence-electron chi connectivity index (χ1n) is 6.31. The van der Waals surface area contributed by atoms with Gasteiger partial charge in [-0.15, -0.1) is 0 Å². The summed E-state index contributed by atoms with van der Waals surface area (Å²) >= 11 is 5.98. The van der Waals surface area contributed by atoms with Crippen LogP contribution in [0.5, 0.6) is 0 Å². The Balaban J connectivity index is 1.90. The summed E-state index contributed by atoms with van der Waals surface area (Å²) in [6.07, 6.45) is 1.30. The lowest BCUT2D eigenvalue weighted by atomic mass is 10.0. The molecule has 0 aliphatic carbocycles. The van der Waals surface area contributed by atoms with Crippen molar-refractivity contribution in [2.24, 2.45) is 0 Å². The normalized spacial score (nSPS) is 12.4. The van der Waals surface area contributed by atoms with Gasteiger partial charge in [-0.2, -0.15) is 0 Å². The molecule has 0 aliphatic rings. The predicted molar refractivity (Wildman–Crippen MR) is 75.9 cm³/mol. The minimum atomic E-state index is -0.514. The van der Waals surface area contributed by atoms with Gasteiger partial charge < -0.3 is 5.11 Å². The molecule has 2 rings (SSSR count). The first-order valence-corrected chi connectivity index (χ1v) is 6.69. The van der Waals surface area contributed by atoms with Crippen LogP contribution in [0.1, 0.15) is 17.5 Å². The number of hydrogen-bond donors (Lipinski definition) is 1. The molecular formula is C16H16ClFO. The lowest BCUT2D eigenvalue weighted by molar-refractivity contribution is 0.165. The average Bonchev–Trinajstić information content (AvgIpc) is 2.42. The van der Waals surface area contributed by atoms with Crippen LogP contribution < -0.4 is 0 Å². The molecule has 0 spiro atoms. The van der Waals surface area contributed by atoms with Crippen LogP contribution in [-0.2, 0) is 12.8 Å². The van der Waals surface area contributed by atoms with E-state index in [1.54, 1.807) is 0 Å². The topological polar surface area (TPSA) is 20.2 Å². The van der Waals surface area contributed by atoms with Gasteiger partial charge in [0.15, 0.2) is 0 Å². The van der Waals surface area contributed by atoms with Crippen molar-refractivity contribution in [3.63, 3.8) is 0 Å². The molecule has 0 amide bonds. The highest BCUT2D eigenvalue weighted by Gasteiger charge is 2.09. The molecule has 0 aliphatic heterocycles. The van der Waals surface area contributed by atoms with E-state index < -0.39 is 6.10 Å². The zero-order chi connectivity index (χ0) is 13.7. The highest BCUT2D eigenvalue weighted by molar-refractivity contribution is 6.31. The molecule has 2 aromatic carbocycles. The molecular weight excluding hydrogens is 263 g/mol. The molecule has 0 radical (unpaired) electrons. The number of rotatable bonds is 5. The van der Waals surface area contributed by atoms with E-state index in [0.29, 0.717) is 23.4 Å². The summed E-state index contributed by atoms with van der Waals surface area (Å²) in [5.41, 5.74) is 1.84. The van der Waals surface area contributed by atoms with Gasteiger partial charge in [0.05, 0.1) is 6.10 Å². The fourth-order valence-corrected chi connectivity index (χ4v) is 2.23. The molecule has 0 bridgehead atoms. The Morgan fingerprint density at radius 1 is 1.11 bits per heavy atom. The van der Waals surface area contributed by atoms with E-state index in [-0.39, 0.29) is 5.82 Å². The number of benzene rings is 2. The molecule has 100 valence electrons. The van der Waals surface area contributed by atoms with Gasteiger partial charge in [0.1, 0.15) is 5.82 Å². The largest absolute Gasteiger partial charge is 0.393 e. The van der Waals surface area contributed by atoms with Gasteiger partial charge in [-0.3, -0.25) is 0 Å². The average molecular weight is 279 g/mol. The van der Waals surface area contributed by atoms with Gasteiger partial charge in [-0.1, -0.05) is 41.9 Å². The van der Waals surface area contributed by atoms with Crippen molar-refractivity contribution in [1.82, 2.24) is 0 Å². The van der Waals surface area contributed by atoms with Crippen molar-refractivity contribution in [3.05, 3.63) is 70.5 Å². The van der Waals surface area contributed by atoms with Gasteiger partial charge in [-0.25, -0.2) is 4.39 Å². The molecule has 0 aromatic heterocycles. The zero-order valence-corrected chi connectivity index (χ0v) is 11.3. The molecule has 19 heavy (non-hydrogen) atoms. The summed E-state index contributed by atoms with van der Waals surface area (Å²) in [6, 6.07) is 14.2. The highest BCUT2D eigenvalue weighted by Crippen LogP contribution is 2.20. The summed E-state index contributed by atoms with van der Waals surface area (Å²) in [5, 5.41) is 10.5. The van der Waals surface area contributed by atoms with Gasteiger partial charge in [-0.05, 0) is 48.6 Å². The summed E-state index contributed by atoms with van der Waals surface area (Å²) < 4.78 is 13.1. The van der Waals surface area contributed by atoms with Crippen LogP contribution in [0.15, 0.2) is 48.5 Å². The predicted octanol–water partition coefficient (Wildman–Crippen LogP) is 4.02. The molecule has 0 heterocycles. The van der Waals surface area contributed by atoms with Crippen LogP contribution in [0, 0.1) is 5.82 Å². The Hall–Kier alpha value is -1.38. The molecule has 0 fully saturated rings. The summed E-state index contributed by atoms with van der Waals surface area (Å²) in [4.78, 5) is 0. The third-order valence-corrected chi connectivity index (χ3v) is 3.44. The zero-order valence-electron chi connectivity index (χ0n) is 10.5. The van der Waals surface area contributed by atoms with E-state index in [1.807, 2.05) is 30.3 Å². The Bertz CT molecular complexity index is 528. The molecule has 1 nitrogen and oxygen atoms in total. The first-order chi connectivity index (χ1) is 9.15. The summed E-state index contributed by atoms with van der Waals surface area (Å²) in [6.45, 7) is 0. The standard InChI is InChI=1S/C16H16ClFO/c17-16-9-7-14(18)10-13(16)11-15(19)8-6-12-4-2-1-3-5-12/h1-5,7,9-10,15,19H,6,8,11H2. The molecule has 0 saturated heterocycles. The van der Waals surface area contributed by atoms with E-state index >= 15 is 0 Å². The lowest BCUT2D eigenvalue weighted by Gasteiger charge is -2.12. The second kappa shape index (κ2) is 6.69. The minimum absolute atomic E-state index is 0.324. The van der Waals surface area contributed by atoms with Crippen LogP contribution >= 0.6 is 11.6 Å². The second-order valence-electron chi connectivity index (χ2n) is 4.62. The summed E-state index contributed by atoms with van der Waals surface area (Å²) in [7, 11) is 0. The lowest BCUT2D eigenvalue weighted by Crippen LogP contribution is -2.12. The van der Waals surface area contributed by atoms with E-state index in [1.165, 1.54) is 23.8 Å². The maximum atomic E-state index is 13.1. The van der Waals surface area contributed by atoms with Gasteiger partial charge in [0.25, 0.3) is 0 Å². The second-order valence-corrected chi connectivity index (χ2v) is 5.03. The van der Waals surface area contributed by atoms with Crippen molar-refractivity contribution >= 4 is 11.6 Å². The number of aliphatic hydroxyl groups excluding tert-OH is 1. The first kappa shape index (κ1) is 14.0. The SMILES string of the molecule is OC(CCc1ccccc1)Cc1cc(F)ccc1Cl. The molecule has 0 saturated carbocycles. The molecule has 1 atom stereocenters.